The number of nitrogens with one attached hydrogen (secondary N) is 1. The van der Waals surface area contributed by atoms with Crippen molar-refractivity contribution in [3.63, 3.8) is 0 Å². The molecule has 0 saturated carbocycles. The second kappa shape index (κ2) is 4.23. The van der Waals surface area contributed by atoms with Crippen LogP contribution in [0.4, 0.5) is 11.7 Å². The number of para-hydroxylation sites is 1. The molecule has 0 radical (unpaired) electrons. The number of aromatic hydroxyl groups is 1. The zero-order valence-electron chi connectivity index (χ0n) is 9.22. The number of fused-ring (bicyclic) bond motifs is 1. The van der Waals surface area contributed by atoms with E-state index in [9.17, 15) is 5.11 Å². The molecule has 0 aliphatic rings. The third-order valence-electron chi connectivity index (χ3n) is 2.49. The van der Waals surface area contributed by atoms with Gasteiger partial charge in [0.2, 0.25) is 0 Å². The average Bonchev–Trinajstić information content (AvgIpc) is 2.73. The number of hydrogen-bond acceptors (Lipinski definition) is 4. The Labute approximate surface area is 108 Å². The molecule has 1 aromatic heterocycles. The number of benzene rings is 2. The summed E-state index contributed by atoms with van der Waals surface area (Å²) in [7, 11) is 0. The van der Waals surface area contributed by atoms with Crippen molar-refractivity contribution in [2.24, 2.45) is 0 Å². The molecule has 1 heterocycles. The van der Waals surface area contributed by atoms with Gasteiger partial charge >= 0.3 is 0 Å². The molecule has 0 unspecified atom stereocenters. The van der Waals surface area contributed by atoms with Crippen LogP contribution in [0.3, 0.4) is 0 Å². The number of anilines is 2. The van der Waals surface area contributed by atoms with Crippen LogP contribution in [-0.4, -0.2) is 10.1 Å². The molecular formula is C13H9ClN2O2. The third kappa shape index (κ3) is 1.98. The molecule has 3 aromatic rings. The molecule has 0 bridgehead atoms. The Morgan fingerprint density at radius 1 is 1.17 bits per heavy atom. The number of phenolic OH excluding ortho intramolecular Hbond substituents is 1. The van der Waals surface area contributed by atoms with Crippen molar-refractivity contribution in [2.45, 2.75) is 0 Å². The number of phenols is 1. The Morgan fingerprint density at radius 3 is 2.83 bits per heavy atom. The zero-order valence-corrected chi connectivity index (χ0v) is 9.98. The Hall–Kier alpha value is -2.20. The SMILES string of the molecule is Oc1ccc2oc(Nc3ccccc3Cl)nc2c1. The lowest BCUT2D eigenvalue weighted by Crippen LogP contribution is -1.90. The van der Waals surface area contributed by atoms with Crippen LogP contribution in [0.25, 0.3) is 11.1 Å². The largest absolute Gasteiger partial charge is 0.508 e. The van der Waals surface area contributed by atoms with Gasteiger partial charge in [-0.3, -0.25) is 0 Å². The van der Waals surface area contributed by atoms with E-state index in [-0.39, 0.29) is 5.75 Å². The van der Waals surface area contributed by atoms with Crippen molar-refractivity contribution in [3.05, 3.63) is 47.5 Å². The molecule has 3 rings (SSSR count). The molecule has 2 aromatic carbocycles. The van der Waals surface area contributed by atoms with Gasteiger partial charge in [0.05, 0.1) is 10.7 Å². The third-order valence-corrected chi connectivity index (χ3v) is 2.82. The van der Waals surface area contributed by atoms with Crippen LogP contribution in [0.1, 0.15) is 0 Å². The highest BCUT2D eigenvalue weighted by atomic mass is 35.5. The molecule has 0 atom stereocenters. The predicted octanol–water partition coefficient (Wildman–Crippen LogP) is 3.93. The summed E-state index contributed by atoms with van der Waals surface area (Å²) in [6, 6.07) is 12.4. The Bertz CT molecular complexity index is 709. The molecule has 4 nitrogen and oxygen atoms in total. The van der Waals surface area contributed by atoms with Crippen LogP contribution >= 0.6 is 11.6 Å². The van der Waals surface area contributed by atoms with Crippen LogP contribution in [0.15, 0.2) is 46.9 Å². The van der Waals surface area contributed by atoms with Gasteiger partial charge in [0.25, 0.3) is 6.01 Å². The highest BCUT2D eigenvalue weighted by molar-refractivity contribution is 6.33. The monoisotopic (exact) mass is 260 g/mol. The summed E-state index contributed by atoms with van der Waals surface area (Å²) in [5.41, 5.74) is 1.90. The van der Waals surface area contributed by atoms with Crippen molar-refractivity contribution >= 4 is 34.4 Å². The van der Waals surface area contributed by atoms with Crippen LogP contribution in [0, 0.1) is 0 Å². The first-order valence-electron chi connectivity index (χ1n) is 5.33. The molecule has 90 valence electrons. The van der Waals surface area contributed by atoms with Crippen LogP contribution in [0.2, 0.25) is 5.02 Å². The maximum Gasteiger partial charge on any atom is 0.300 e. The summed E-state index contributed by atoms with van der Waals surface area (Å²) in [5.74, 6) is 0.153. The second-order valence-electron chi connectivity index (χ2n) is 3.78. The lowest BCUT2D eigenvalue weighted by molar-refractivity contribution is 0.476. The Balaban J connectivity index is 1.98. The van der Waals surface area contributed by atoms with Crippen LogP contribution in [-0.2, 0) is 0 Å². The molecule has 0 aliphatic heterocycles. The smallest absolute Gasteiger partial charge is 0.300 e. The molecule has 0 amide bonds. The van der Waals surface area contributed by atoms with E-state index in [1.165, 1.54) is 6.07 Å². The van der Waals surface area contributed by atoms with E-state index < -0.39 is 0 Å². The van der Waals surface area contributed by atoms with Crippen molar-refractivity contribution < 1.29 is 9.52 Å². The van der Waals surface area contributed by atoms with Gasteiger partial charge < -0.3 is 14.8 Å². The minimum atomic E-state index is 0.153. The highest BCUT2D eigenvalue weighted by Crippen LogP contribution is 2.27. The lowest BCUT2D eigenvalue weighted by Gasteiger charge is -2.02. The minimum absolute atomic E-state index is 0.153. The zero-order chi connectivity index (χ0) is 12.5. The number of nitrogens with zero attached hydrogens (tertiary/aromatic N) is 1. The normalized spacial score (nSPS) is 10.7. The highest BCUT2D eigenvalue weighted by Gasteiger charge is 2.07. The fourth-order valence-electron chi connectivity index (χ4n) is 1.65. The summed E-state index contributed by atoms with van der Waals surface area (Å²) < 4.78 is 5.49. The first-order chi connectivity index (χ1) is 8.72. The summed E-state index contributed by atoms with van der Waals surface area (Å²) in [4.78, 5) is 4.21. The quantitative estimate of drug-likeness (QED) is 0.733. The summed E-state index contributed by atoms with van der Waals surface area (Å²) >= 11 is 6.03. The number of oxazole rings is 1. The molecule has 0 aliphatic carbocycles. The maximum atomic E-state index is 9.35. The Morgan fingerprint density at radius 2 is 2.00 bits per heavy atom. The maximum absolute atomic E-state index is 9.35. The molecule has 18 heavy (non-hydrogen) atoms. The fourth-order valence-corrected chi connectivity index (χ4v) is 1.83. The number of rotatable bonds is 2. The van der Waals surface area contributed by atoms with E-state index in [1.54, 1.807) is 18.2 Å². The van der Waals surface area contributed by atoms with E-state index in [1.807, 2.05) is 18.2 Å². The molecule has 2 N–H and O–H groups in total. The second-order valence-corrected chi connectivity index (χ2v) is 4.18. The van der Waals surface area contributed by atoms with E-state index >= 15 is 0 Å². The molecular weight excluding hydrogens is 252 g/mol. The van der Waals surface area contributed by atoms with E-state index in [2.05, 4.69) is 10.3 Å². The average molecular weight is 261 g/mol. The van der Waals surface area contributed by atoms with E-state index in [0.29, 0.717) is 22.1 Å². The van der Waals surface area contributed by atoms with Gasteiger partial charge in [-0.25, -0.2) is 0 Å². The first-order valence-corrected chi connectivity index (χ1v) is 5.71. The molecule has 0 fully saturated rings. The summed E-state index contributed by atoms with van der Waals surface area (Å²) in [6.45, 7) is 0. The van der Waals surface area contributed by atoms with Gasteiger partial charge in [-0.15, -0.1) is 0 Å². The molecule has 5 heteroatoms. The lowest BCUT2D eigenvalue weighted by atomic mass is 10.3. The van der Waals surface area contributed by atoms with E-state index in [4.69, 9.17) is 16.0 Å². The van der Waals surface area contributed by atoms with Crippen molar-refractivity contribution in [3.8, 4) is 5.75 Å². The van der Waals surface area contributed by atoms with Gasteiger partial charge in [0, 0.05) is 6.07 Å². The van der Waals surface area contributed by atoms with Gasteiger partial charge in [-0.1, -0.05) is 23.7 Å². The fraction of sp³-hybridized carbons (Fsp3) is 0. The first kappa shape index (κ1) is 10.9. The van der Waals surface area contributed by atoms with Crippen molar-refractivity contribution in [1.29, 1.82) is 0 Å². The standard InChI is InChI=1S/C13H9ClN2O2/c14-9-3-1-2-4-10(9)15-13-16-11-7-8(17)5-6-12(11)18-13/h1-7,17H,(H,15,16). The van der Waals surface area contributed by atoms with Gasteiger partial charge in [0.15, 0.2) is 5.58 Å². The van der Waals surface area contributed by atoms with Crippen LogP contribution in [0.5, 0.6) is 5.75 Å². The van der Waals surface area contributed by atoms with Crippen molar-refractivity contribution in [1.82, 2.24) is 4.98 Å². The Kier molecular flexibility index (Phi) is 2.57. The number of hydrogen-bond donors (Lipinski definition) is 2. The molecule has 0 spiro atoms. The van der Waals surface area contributed by atoms with Crippen LogP contribution < -0.4 is 5.32 Å². The predicted molar refractivity (Wildman–Crippen MR) is 70.4 cm³/mol. The molecule has 0 saturated heterocycles. The van der Waals surface area contributed by atoms with Gasteiger partial charge in [-0.2, -0.15) is 4.98 Å². The topological polar surface area (TPSA) is 58.3 Å². The minimum Gasteiger partial charge on any atom is -0.508 e. The summed E-state index contributed by atoms with van der Waals surface area (Å²) in [6.07, 6.45) is 0. The van der Waals surface area contributed by atoms with Crippen molar-refractivity contribution in [2.75, 3.05) is 5.32 Å². The van der Waals surface area contributed by atoms with E-state index in [0.717, 1.165) is 5.69 Å². The van der Waals surface area contributed by atoms with Gasteiger partial charge in [-0.05, 0) is 24.3 Å². The van der Waals surface area contributed by atoms with Gasteiger partial charge in [0.1, 0.15) is 11.3 Å². The number of halogens is 1. The summed E-state index contributed by atoms with van der Waals surface area (Å²) in [5, 5.41) is 12.9. The number of aromatic nitrogens is 1.